The minimum Gasteiger partial charge on any atom is -0.509 e. The number of carbonyl (C=O) groups is 2. The number of aliphatic hydroxyl groups excluding tert-OH is 1. The molecular formula is C21H24FN3O4. The average Bonchev–Trinajstić information content (AvgIpc) is 2.65. The van der Waals surface area contributed by atoms with Crippen LogP contribution >= 0.6 is 0 Å². The Bertz CT molecular complexity index is 903. The second-order valence-electron chi connectivity index (χ2n) is 7.15. The van der Waals surface area contributed by atoms with E-state index in [2.05, 4.69) is 15.6 Å². The number of ether oxygens (including phenoxy) is 1. The molecule has 154 valence electrons. The first-order valence-corrected chi connectivity index (χ1v) is 9.51. The van der Waals surface area contributed by atoms with Crippen LogP contribution in [0.25, 0.3) is 0 Å². The highest BCUT2D eigenvalue weighted by Gasteiger charge is 2.43. The van der Waals surface area contributed by atoms with Gasteiger partial charge in [0.25, 0.3) is 11.8 Å². The van der Waals surface area contributed by atoms with Crippen LogP contribution in [-0.4, -0.2) is 47.9 Å². The number of nitrogens with one attached hydrogen (secondary N) is 2. The van der Waals surface area contributed by atoms with Crippen molar-refractivity contribution in [1.82, 2.24) is 10.6 Å². The monoisotopic (exact) mass is 401 g/mol. The molecule has 1 aromatic rings. The highest BCUT2D eigenvalue weighted by Crippen LogP contribution is 2.30. The lowest BCUT2D eigenvalue weighted by Crippen LogP contribution is -2.54. The van der Waals surface area contributed by atoms with Crippen LogP contribution in [0.4, 0.5) is 4.39 Å². The van der Waals surface area contributed by atoms with Gasteiger partial charge in [0, 0.05) is 24.8 Å². The first-order chi connectivity index (χ1) is 13.8. The largest absolute Gasteiger partial charge is 0.509 e. The van der Waals surface area contributed by atoms with Gasteiger partial charge in [-0.1, -0.05) is 12.1 Å². The van der Waals surface area contributed by atoms with Crippen LogP contribution in [0.15, 0.2) is 51.9 Å². The molecule has 3 N–H and O–H groups in total. The van der Waals surface area contributed by atoms with Crippen LogP contribution in [0.2, 0.25) is 0 Å². The summed E-state index contributed by atoms with van der Waals surface area (Å²) >= 11 is 0. The maximum atomic E-state index is 13.2. The van der Waals surface area contributed by atoms with Gasteiger partial charge in [0.05, 0.1) is 6.10 Å². The van der Waals surface area contributed by atoms with Gasteiger partial charge < -0.3 is 20.5 Å². The van der Waals surface area contributed by atoms with Gasteiger partial charge in [0.15, 0.2) is 0 Å². The van der Waals surface area contributed by atoms with E-state index in [-0.39, 0.29) is 23.3 Å². The average molecular weight is 401 g/mol. The van der Waals surface area contributed by atoms with Gasteiger partial charge in [-0.15, -0.1) is 0 Å². The molecule has 1 aromatic carbocycles. The summed E-state index contributed by atoms with van der Waals surface area (Å²) < 4.78 is 19.2. The Morgan fingerprint density at radius 1 is 1.34 bits per heavy atom. The Kier molecular flexibility index (Phi) is 6.00. The molecule has 2 atom stereocenters. The van der Waals surface area contributed by atoms with Crippen LogP contribution in [0, 0.1) is 5.82 Å². The van der Waals surface area contributed by atoms with Gasteiger partial charge in [-0.05, 0) is 38.5 Å². The second kappa shape index (κ2) is 8.46. The molecule has 2 unspecified atom stereocenters. The molecule has 0 aliphatic carbocycles. The zero-order valence-corrected chi connectivity index (χ0v) is 16.5. The van der Waals surface area contributed by atoms with E-state index >= 15 is 0 Å². The maximum Gasteiger partial charge on any atom is 0.261 e. The number of allylic oxidation sites excluding steroid dienone is 1. The third kappa shape index (κ3) is 4.31. The molecule has 0 saturated carbocycles. The summed E-state index contributed by atoms with van der Waals surface area (Å²) in [7, 11) is 0. The lowest BCUT2D eigenvalue weighted by molar-refractivity contribution is -0.125. The van der Waals surface area contributed by atoms with Gasteiger partial charge in [-0.3, -0.25) is 14.6 Å². The Hall–Kier alpha value is -3.16. The highest BCUT2D eigenvalue weighted by atomic mass is 19.1. The van der Waals surface area contributed by atoms with Crippen molar-refractivity contribution in [3.8, 4) is 0 Å². The number of nitrogens with zero attached hydrogens (tertiary/aromatic N) is 1. The number of rotatable bonds is 6. The van der Waals surface area contributed by atoms with Crippen molar-refractivity contribution >= 4 is 18.0 Å². The molecule has 7 nitrogen and oxygen atoms in total. The minimum atomic E-state index is -0.851. The third-order valence-electron chi connectivity index (χ3n) is 4.59. The van der Waals surface area contributed by atoms with Crippen LogP contribution in [0.3, 0.4) is 0 Å². The molecule has 0 aromatic heterocycles. The lowest BCUT2D eigenvalue weighted by Gasteiger charge is -2.36. The predicted octanol–water partition coefficient (Wildman–Crippen LogP) is 1.95. The van der Waals surface area contributed by atoms with Crippen molar-refractivity contribution in [1.29, 1.82) is 0 Å². The van der Waals surface area contributed by atoms with E-state index in [0.29, 0.717) is 24.3 Å². The molecule has 0 saturated heterocycles. The summed E-state index contributed by atoms with van der Waals surface area (Å²) in [5, 5.41) is 15.9. The summed E-state index contributed by atoms with van der Waals surface area (Å²) in [5.74, 6) is -1.57. The molecule has 2 heterocycles. The predicted molar refractivity (Wildman–Crippen MR) is 106 cm³/mol. The number of carbonyl (C=O) groups excluding carboxylic acids is 2. The SMILES string of the molecule is CCNC(=O)C1=C(O)C2N=CC(Cc3ccc(F)cc3)=C(OC(C)C)C2NC1=O. The number of halogens is 1. The number of dihydropyridines is 1. The summed E-state index contributed by atoms with van der Waals surface area (Å²) in [6.45, 7) is 5.74. The molecule has 2 aliphatic heterocycles. The van der Waals surface area contributed by atoms with Crippen LogP contribution < -0.4 is 10.6 Å². The van der Waals surface area contributed by atoms with Crippen LogP contribution in [0.5, 0.6) is 0 Å². The lowest BCUT2D eigenvalue weighted by atomic mass is 9.89. The highest BCUT2D eigenvalue weighted by molar-refractivity contribution is 6.19. The summed E-state index contributed by atoms with van der Waals surface area (Å²) in [6.07, 6.45) is 1.80. The van der Waals surface area contributed by atoms with Gasteiger partial charge in [-0.2, -0.15) is 0 Å². The number of aliphatic hydroxyl groups is 1. The maximum absolute atomic E-state index is 13.2. The van der Waals surface area contributed by atoms with Crippen molar-refractivity contribution in [3.63, 3.8) is 0 Å². The van der Waals surface area contributed by atoms with Crippen molar-refractivity contribution < 1.29 is 23.8 Å². The number of amides is 2. The molecular weight excluding hydrogens is 377 g/mol. The molecule has 3 rings (SSSR count). The van der Waals surface area contributed by atoms with Gasteiger partial charge >= 0.3 is 0 Å². The van der Waals surface area contributed by atoms with E-state index in [9.17, 15) is 19.1 Å². The Labute approximate surface area is 168 Å². The number of hydrogen-bond donors (Lipinski definition) is 3. The topological polar surface area (TPSA) is 100 Å². The molecule has 8 heteroatoms. The third-order valence-corrected chi connectivity index (χ3v) is 4.59. The van der Waals surface area contributed by atoms with E-state index in [1.165, 1.54) is 12.1 Å². The van der Waals surface area contributed by atoms with Crippen LogP contribution in [0.1, 0.15) is 26.3 Å². The van der Waals surface area contributed by atoms with Crippen molar-refractivity contribution in [2.24, 2.45) is 4.99 Å². The molecule has 0 radical (unpaired) electrons. The van der Waals surface area contributed by atoms with E-state index in [0.717, 1.165) is 5.56 Å². The first kappa shape index (κ1) is 20.6. The quantitative estimate of drug-likeness (QED) is 0.635. The Balaban J connectivity index is 1.98. The summed E-state index contributed by atoms with van der Waals surface area (Å²) in [4.78, 5) is 29.1. The number of benzene rings is 1. The zero-order valence-electron chi connectivity index (χ0n) is 16.5. The number of likely N-dealkylation sites (N-methyl/N-ethyl adjacent to an activating group) is 1. The van der Waals surface area contributed by atoms with Gasteiger partial charge in [-0.25, -0.2) is 4.39 Å². The smallest absolute Gasteiger partial charge is 0.261 e. The Morgan fingerprint density at radius 2 is 2.03 bits per heavy atom. The fourth-order valence-electron chi connectivity index (χ4n) is 3.34. The molecule has 2 aliphatic rings. The summed E-state index contributed by atoms with van der Waals surface area (Å²) in [6, 6.07) is 4.49. The van der Waals surface area contributed by atoms with E-state index in [1.807, 2.05) is 13.8 Å². The van der Waals surface area contributed by atoms with Crippen molar-refractivity contribution in [3.05, 3.63) is 58.3 Å². The van der Waals surface area contributed by atoms with Gasteiger partial charge in [0.1, 0.15) is 35.0 Å². The van der Waals surface area contributed by atoms with E-state index in [1.54, 1.807) is 25.3 Å². The van der Waals surface area contributed by atoms with Crippen molar-refractivity contribution in [2.45, 2.75) is 45.4 Å². The van der Waals surface area contributed by atoms with E-state index < -0.39 is 23.9 Å². The van der Waals surface area contributed by atoms with Crippen LogP contribution in [-0.2, 0) is 20.7 Å². The molecule has 2 amide bonds. The molecule has 0 spiro atoms. The molecule has 29 heavy (non-hydrogen) atoms. The molecule has 0 fully saturated rings. The first-order valence-electron chi connectivity index (χ1n) is 9.51. The summed E-state index contributed by atoms with van der Waals surface area (Å²) in [5.41, 5.74) is 1.22. The van der Waals surface area contributed by atoms with E-state index in [4.69, 9.17) is 4.74 Å². The Morgan fingerprint density at radius 3 is 2.66 bits per heavy atom. The fourth-order valence-corrected chi connectivity index (χ4v) is 3.34. The normalized spacial score (nSPS) is 21.2. The number of fused-ring (bicyclic) bond motifs is 1. The minimum absolute atomic E-state index is 0.187. The fraction of sp³-hybridized carbons (Fsp3) is 0.381. The second-order valence-corrected chi connectivity index (χ2v) is 7.15. The standard InChI is InChI=1S/C21H24FN3O4/c1-4-23-20(27)15-18(26)16-17(25-21(15)28)19(29-11(2)3)13(10-24-16)9-12-5-7-14(22)8-6-12/h5-8,10-11,16-17,26H,4,9H2,1-3H3,(H,23,27)(H,25,28). The number of hydrogen-bond acceptors (Lipinski definition) is 5. The number of aliphatic imine (C=N–C) groups is 1. The zero-order chi connectivity index (χ0) is 21.1. The molecule has 0 bridgehead atoms. The van der Waals surface area contributed by atoms with Gasteiger partial charge in [0.2, 0.25) is 0 Å². The van der Waals surface area contributed by atoms with Crippen molar-refractivity contribution in [2.75, 3.05) is 6.54 Å².